The van der Waals surface area contributed by atoms with E-state index < -0.39 is 0 Å². The quantitative estimate of drug-likeness (QED) is 0.719. The molecule has 94 valence electrons. The second-order valence-electron chi connectivity index (χ2n) is 4.13. The van der Waals surface area contributed by atoms with Crippen molar-refractivity contribution in [1.82, 2.24) is 0 Å². The molecule has 2 N–H and O–H groups in total. The number of benzene rings is 2. The highest BCUT2D eigenvalue weighted by molar-refractivity contribution is 14.1. The smallest absolute Gasteiger partial charge is 0.0595 e. The third-order valence-corrected chi connectivity index (χ3v) is 5.07. The van der Waals surface area contributed by atoms with E-state index in [0.29, 0.717) is 10.0 Å². The van der Waals surface area contributed by atoms with E-state index in [1.165, 1.54) is 9.13 Å². The SMILES string of the molecule is Cc1cccc(C(N)c2ccc(Cl)c(Cl)c2)c1I. The second kappa shape index (κ2) is 5.78. The van der Waals surface area contributed by atoms with Crippen LogP contribution in [-0.2, 0) is 0 Å². The maximum Gasteiger partial charge on any atom is 0.0595 e. The third-order valence-electron chi connectivity index (χ3n) is 2.86. The minimum Gasteiger partial charge on any atom is -0.320 e. The molecule has 18 heavy (non-hydrogen) atoms. The van der Waals surface area contributed by atoms with E-state index in [1.807, 2.05) is 24.3 Å². The summed E-state index contributed by atoms with van der Waals surface area (Å²) in [5.74, 6) is 0. The van der Waals surface area contributed by atoms with Crippen LogP contribution in [0, 0.1) is 10.5 Å². The van der Waals surface area contributed by atoms with Crippen molar-refractivity contribution in [3.8, 4) is 0 Å². The number of halogens is 3. The lowest BCUT2D eigenvalue weighted by Gasteiger charge is -2.16. The minimum atomic E-state index is -0.188. The zero-order chi connectivity index (χ0) is 13.3. The Hall–Kier alpha value is -0.290. The van der Waals surface area contributed by atoms with Crippen LogP contribution in [0.4, 0.5) is 0 Å². The molecular weight excluding hydrogens is 380 g/mol. The molecule has 0 aliphatic carbocycles. The first-order chi connectivity index (χ1) is 8.50. The number of hydrogen-bond donors (Lipinski definition) is 1. The summed E-state index contributed by atoms with van der Waals surface area (Å²) in [6, 6.07) is 11.5. The summed E-state index contributed by atoms with van der Waals surface area (Å²) in [4.78, 5) is 0. The standard InChI is InChI=1S/C14H12Cl2IN/c1-8-3-2-4-10(13(8)17)14(18)9-5-6-11(15)12(16)7-9/h2-7,14H,18H2,1H3. The lowest BCUT2D eigenvalue weighted by atomic mass is 9.98. The Bertz CT molecular complexity index is 584. The van der Waals surface area contributed by atoms with Crippen LogP contribution >= 0.6 is 45.8 Å². The summed E-state index contributed by atoms with van der Waals surface area (Å²) in [7, 11) is 0. The Morgan fingerprint density at radius 3 is 2.50 bits per heavy atom. The van der Waals surface area contributed by atoms with Crippen molar-refractivity contribution in [2.75, 3.05) is 0 Å². The third kappa shape index (κ3) is 2.82. The van der Waals surface area contributed by atoms with Gasteiger partial charge in [-0.3, -0.25) is 0 Å². The normalized spacial score (nSPS) is 12.5. The van der Waals surface area contributed by atoms with Gasteiger partial charge in [-0.2, -0.15) is 0 Å². The largest absolute Gasteiger partial charge is 0.320 e. The van der Waals surface area contributed by atoms with Gasteiger partial charge in [-0.15, -0.1) is 0 Å². The molecule has 2 rings (SSSR count). The van der Waals surface area contributed by atoms with Crippen molar-refractivity contribution < 1.29 is 0 Å². The Morgan fingerprint density at radius 2 is 1.83 bits per heavy atom. The second-order valence-corrected chi connectivity index (χ2v) is 6.02. The molecule has 0 aliphatic rings. The van der Waals surface area contributed by atoms with E-state index in [0.717, 1.165) is 11.1 Å². The monoisotopic (exact) mass is 391 g/mol. The molecule has 0 saturated heterocycles. The Morgan fingerprint density at radius 1 is 1.11 bits per heavy atom. The number of nitrogens with two attached hydrogens (primary N) is 1. The van der Waals surface area contributed by atoms with E-state index in [4.69, 9.17) is 28.9 Å². The minimum absolute atomic E-state index is 0.188. The fourth-order valence-electron chi connectivity index (χ4n) is 1.80. The average molecular weight is 392 g/mol. The van der Waals surface area contributed by atoms with Gasteiger partial charge >= 0.3 is 0 Å². The fourth-order valence-corrected chi connectivity index (χ4v) is 2.80. The van der Waals surface area contributed by atoms with Crippen LogP contribution in [0.1, 0.15) is 22.7 Å². The van der Waals surface area contributed by atoms with Crippen LogP contribution in [0.25, 0.3) is 0 Å². The van der Waals surface area contributed by atoms with Gasteiger partial charge in [0, 0.05) is 3.57 Å². The van der Waals surface area contributed by atoms with E-state index in [-0.39, 0.29) is 6.04 Å². The zero-order valence-corrected chi connectivity index (χ0v) is 13.4. The maximum absolute atomic E-state index is 6.30. The summed E-state index contributed by atoms with van der Waals surface area (Å²) in [5, 5.41) is 1.08. The molecule has 0 amide bonds. The van der Waals surface area contributed by atoms with E-state index in [1.54, 1.807) is 6.07 Å². The first kappa shape index (κ1) is 14.1. The Labute approximate surface area is 130 Å². The molecule has 1 nitrogen and oxygen atoms in total. The zero-order valence-electron chi connectivity index (χ0n) is 9.75. The van der Waals surface area contributed by atoms with Gasteiger partial charge in [0.25, 0.3) is 0 Å². The summed E-state index contributed by atoms with van der Waals surface area (Å²) in [6.07, 6.45) is 0. The molecule has 2 aromatic rings. The summed E-state index contributed by atoms with van der Waals surface area (Å²) < 4.78 is 1.19. The molecule has 0 saturated carbocycles. The highest BCUT2D eigenvalue weighted by Crippen LogP contribution is 2.30. The molecule has 1 atom stereocenters. The van der Waals surface area contributed by atoms with Gasteiger partial charge < -0.3 is 5.73 Å². The van der Waals surface area contributed by atoms with E-state index >= 15 is 0 Å². The van der Waals surface area contributed by atoms with Crippen LogP contribution < -0.4 is 5.73 Å². The van der Waals surface area contributed by atoms with Crippen molar-refractivity contribution in [2.24, 2.45) is 5.73 Å². The molecule has 2 aromatic carbocycles. The summed E-state index contributed by atoms with van der Waals surface area (Å²) in [6.45, 7) is 2.08. The summed E-state index contributed by atoms with van der Waals surface area (Å²) >= 11 is 14.3. The first-order valence-corrected chi connectivity index (χ1v) is 7.29. The molecular formula is C14H12Cl2IN. The van der Waals surface area contributed by atoms with Crippen molar-refractivity contribution in [1.29, 1.82) is 0 Å². The van der Waals surface area contributed by atoms with Gasteiger partial charge in [-0.05, 0) is 58.3 Å². The Balaban J connectivity index is 2.44. The van der Waals surface area contributed by atoms with Gasteiger partial charge in [0.05, 0.1) is 16.1 Å². The van der Waals surface area contributed by atoms with Crippen molar-refractivity contribution >= 4 is 45.8 Å². The van der Waals surface area contributed by atoms with Gasteiger partial charge in [0.15, 0.2) is 0 Å². The van der Waals surface area contributed by atoms with Gasteiger partial charge in [0.1, 0.15) is 0 Å². The van der Waals surface area contributed by atoms with Crippen LogP contribution in [0.15, 0.2) is 36.4 Å². The molecule has 0 fully saturated rings. The van der Waals surface area contributed by atoms with Crippen LogP contribution in [-0.4, -0.2) is 0 Å². The molecule has 0 heterocycles. The van der Waals surface area contributed by atoms with Crippen LogP contribution in [0.3, 0.4) is 0 Å². The molecule has 0 aromatic heterocycles. The molecule has 1 unspecified atom stereocenters. The average Bonchev–Trinajstić information content (AvgIpc) is 2.35. The lowest BCUT2D eigenvalue weighted by Crippen LogP contribution is -2.13. The first-order valence-electron chi connectivity index (χ1n) is 5.46. The number of aryl methyl sites for hydroxylation is 1. The topological polar surface area (TPSA) is 26.0 Å². The molecule has 0 radical (unpaired) electrons. The van der Waals surface area contributed by atoms with Gasteiger partial charge in [-0.25, -0.2) is 0 Å². The van der Waals surface area contributed by atoms with Crippen LogP contribution in [0.2, 0.25) is 10.0 Å². The van der Waals surface area contributed by atoms with Crippen molar-refractivity contribution in [3.05, 3.63) is 66.7 Å². The highest BCUT2D eigenvalue weighted by atomic mass is 127. The highest BCUT2D eigenvalue weighted by Gasteiger charge is 2.14. The summed E-state index contributed by atoms with van der Waals surface area (Å²) in [5.41, 5.74) is 9.60. The van der Waals surface area contributed by atoms with Crippen molar-refractivity contribution in [3.63, 3.8) is 0 Å². The van der Waals surface area contributed by atoms with Gasteiger partial charge in [-0.1, -0.05) is 47.5 Å². The molecule has 4 heteroatoms. The number of hydrogen-bond acceptors (Lipinski definition) is 1. The van der Waals surface area contributed by atoms with E-state index in [2.05, 4.69) is 35.6 Å². The van der Waals surface area contributed by atoms with Gasteiger partial charge in [0.2, 0.25) is 0 Å². The lowest BCUT2D eigenvalue weighted by molar-refractivity contribution is 0.863. The number of rotatable bonds is 2. The molecule has 0 spiro atoms. The Kier molecular flexibility index (Phi) is 4.54. The predicted molar refractivity (Wildman–Crippen MR) is 86.4 cm³/mol. The van der Waals surface area contributed by atoms with E-state index in [9.17, 15) is 0 Å². The molecule has 0 bridgehead atoms. The predicted octanol–water partition coefficient (Wildman–Crippen LogP) is 4.95. The van der Waals surface area contributed by atoms with Crippen molar-refractivity contribution in [2.45, 2.75) is 13.0 Å². The maximum atomic E-state index is 6.30. The molecule has 0 aliphatic heterocycles. The fraction of sp³-hybridized carbons (Fsp3) is 0.143. The van der Waals surface area contributed by atoms with Crippen LogP contribution in [0.5, 0.6) is 0 Å².